The lowest BCUT2D eigenvalue weighted by Crippen LogP contribution is -2.46. The fourth-order valence-corrected chi connectivity index (χ4v) is 4.50. The van der Waals surface area contributed by atoms with Crippen molar-refractivity contribution in [3.63, 3.8) is 0 Å². The van der Waals surface area contributed by atoms with E-state index < -0.39 is 0 Å². The van der Waals surface area contributed by atoms with Gasteiger partial charge in [0.2, 0.25) is 0 Å². The van der Waals surface area contributed by atoms with Crippen LogP contribution in [0.25, 0.3) is 0 Å². The zero-order chi connectivity index (χ0) is 16.1. The van der Waals surface area contributed by atoms with Gasteiger partial charge in [0.05, 0.1) is 0 Å². The number of nitrogens with one attached hydrogen (secondary N) is 2. The first kappa shape index (κ1) is 20.2. The highest BCUT2D eigenvalue weighted by Crippen LogP contribution is 2.26. The SMILES string of the molecule is CCN1CCC(CNC(=NC)NC2CCN(C3CCCC3)C2)C1.I. The summed E-state index contributed by atoms with van der Waals surface area (Å²) in [5.74, 6) is 1.77. The Balaban J connectivity index is 0.00000208. The molecule has 2 saturated heterocycles. The molecule has 6 heteroatoms. The number of aliphatic imine (C=N–C) groups is 1. The van der Waals surface area contributed by atoms with Gasteiger partial charge in [-0.3, -0.25) is 9.89 Å². The maximum absolute atomic E-state index is 4.44. The highest BCUT2D eigenvalue weighted by atomic mass is 127. The summed E-state index contributed by atoms with van der Waals surface area (Å²) in [6.45, 7) is 9.43. The molecule has 0 radical (unpaired) electrons. The van der Waals surface area contributed by atoms with E-state index in [1.54, 1.807) is 0 Å². The molecule has 1 aliphatic carbocycles. The van der Waals surface area contributed by atoms with Gasteiger partial charge in [0.15, 0.2) is 5.96 Å². The van der Waals surface area contributed by atoms with Crippen LogP contribution in [0.4, 0.5) is 0 Å². The number of guanidine groups is 1. The minimum Gasteiger partial charge on any atom is -0.356 e. The van der Waals surface area contributed by atoms with Crippen LogP contribution >= 0.6 is 24.0 Å². The summed E-state index contributed by atoms with van der Waals surface area (Å²) in [6, 6.07) is 1.42. The van der Waals surface area contributed by atoms with E-state index in [2.05, 4.69) is 32.3 Å². The topological polar surface area (TPSA) is 42.9 Å². The number of hydrogen-bond acceptors (Lipinski definition) is 3. The third-order valence-corrected chi connectivity index (χ3v) is 6.00. The maximum atomic E-state index is 4.44. The lowest BCUT2D eigenvalue weighted by molar-refractivity contribution is 0.242. The van der Waals surface area contributed by atoms with Crippen LogP contribution in [0.5, 0.6) is 0 Å². The Hall–Kier alpha value is -0.0800. The normalized spacial score (nSPS) is 29.8. The Labute approximate surface area is 165 Å². The molecule has 2 aliphatic heterocycles. The smallest absolute Gasteiger partial charge is 0.191 e. The third-order valence-electron chi connectivity index (χ3n) is 6.00. The summed E-state index contributed by atoms with van der Waals surface area (Å²) in [4.78, 5) is 9.68. The van der Waals surface area contributed by atoms with E-state index in [1.807, 2.05) is 7.05 Å². The molecule has 24 heavy (non-hydrogen) atoms. The predicted molar refractivity (Wildman–Crippen MR) is 112 cm³/mol. The van der Waals surface area contributed by atoms with Crippen molar-refractivity contribution in [2.24, 2.45) is 10.9 Å². The summed E-state index contributed by atoms with van der Waals surface area (Å²) in [5.41, 5.74) is 0. The van der Waals surface area contributed by atoms with E-state index in [0.717, 1.165) is 24.5 Å². The molecule has 140 valence electrons. The summed E-state index contributed by atoms with van der Waals surface area (Å²) >= 11 is 0. The summed E-state index contributed by atoms with van der Waals surface area (Å²) in [6.07, 6.45) is 8.25. The average molecular weight is 449 g/mol. The molecular weight excluding hydrogens is 413 g/mol. The highest BCUT2D eigenvalue weighted by Gasteiger charge is 2.30. The van der Waals surface area contributed by atoms with E-state index in [9.17, 15) is 0 Å². The molecular formula is C18H36IN5. The summed E-state index contributed by atoms with van der Waals surface area (Å²) < 4.78 is 0. The standard InChI is InChI=1S/C18H35N5.HI/c1-3-22-10-8-15(13-22)12-20-18(19-2)21-16-9-11-23(14-16)17-6-4-5-7-17;/h15-17H,3-14H2,1-2H3,(H2,19,20,21);1H. The lowest BCUT2D eigenvalue weighted by atomic mass is 10.1. The van der Waals surface area contributed by atoms with Crippen LogP contribution < -0.4 is 10.6 Å². The van der Waals surface area contributed by atoms with Crippen LogP contribution in [0.15, 0.2) is 4.99 Å². The van der Waals surface area contributed by atoms with E-state index in [-0.39, 0.29) is 24.0 Å². The van der Waals surface area contributed by atoms with Crippen molar-refractivity contribution in [3.8, 4) is 0 Å². The number of rotatable bonds is 5. The van der Waals surface area contributed by atoms with Crippen molar-refractivity contribution in [2.75, 3.05) is 46.3 Å². The molecule has 3 aliphatic rings. The largest absolute Gasteiger partial charge is 0.356 e. The Bertz CT molecular complexity index is 397. The molecule has 2 heterocycles. The molecule has 2 unspecified atom stereocenters. The number of halogens is 1. The van der Waals surface area contributed by atoms with Crippen molar-refractivity contribution in [3.05, 3.63) is 0 Å². The molecule has 0 amide bonds. The quantitative estimate of drug-likeness (QED) is 0.384. The van der Waals surface area contributed by atoms with Crippen molar-refractivity contribution >= 4 is 29.9 Å². The average Bonchev–Trinajstić information content (AvgIpc) is 3.31. The fourth-order valence-electron chi connectivity index (χ4n) is 4.50. The molecule has 2 atom stereocenters. The number of hydrogen-bond donors (Lipinski definition) is 2. The molecule has 0 aromatic carbocycles. The maximum Gasteiger partial charge on any atom is 0.191 e. The molecule has 3 rings (SSSR count). The third kappa shape index (κ3) is 5.46. The van der Waals surface area contributed by atoms with Crippen LogP contribution in [-0.4, -0.2) is 74.2 Å². The first-order valence-corrected chi connectivity index (χ1v) is 9.72. The summed E-state index contributed by atoms with van der Waals surface area (Å²) in [7, 11) is 1.89. The van der Waals surface area contributed by atoms with Crippen molar-refractivity contribution in [1.29, 1.82) is 0 Å². The monoisotopic (exact) mass is 449 g/mol. The minimum absolute atomic E-state index is 0. The number of likely N-dealkylation sites (tertiary alicyclic amines) is 2. The molecule has 0 bridgehead atoms. The molecule has 0 aromatic rings. The van der Waals surface area contributed by atoms with Crippen LogP contribution in [-0.2, 0) is 0 Å². The van der Waals surface area contributed by atoms with Crippen molar-refractivity contribution < 1.29 is 0 Å². The van der Waals surface area contributed by atoms with Gasteiger partial charge in [0.1, 0.15) is 0 Å². The van der Waals surface area contributed by atoms with Gasteiger partial charge in [-0.05, 0) is 44.7 Å². The zero-order valence-electron chi connectivity index (χ0n) is 15.5. The second-order valence-electron chi connectivity index (χ2n) is 7.56. The molecule has 2 N–H and O–H groups in total. The van der Waals surface area contributed by atoms with E-state index in [4.69, 9.17) is 0 Å². The van der Waals surface area contributed by atoms with Gasteiger partial charge in [-0.1, -0.05) is 19.8 Å². The van der Waals surface area contributed by atoms with Crippen LogP contribution in [0.2, 0.25) is 0 Å². The molecule has 0 aromatic heterocycles. The van der Waals surface area contributed by atoms with Gasteiger partial charge in [-0.2, -0.15) is 0 Å². The van der Waals surface area contributed by atoms with Gasteiger partial charge >= 0.3 is 0 Å². The fraction of sp³-hybridized carbons (Fsp3) is 0.944. The Morgan fingerprint density at radius 2 is 1.88 bits per heavy atom. The van der Waals surface area contributed by atoms with Crippen LogP contribution in [0.1, 0.15) is 45.4 Å². The van der Waals surface area contributed by atoms with E-state index in [1.165, 1.54) is 71.2 Å². The minimum atomic E-state index is 0. The molecule has 0 spiro atoms. The molecule has 5 nitrogen and oxygen atoms in total. The Kier molecular flexibility index (Phi) is 8.57. The second kappa shape index (κ2) is 10.2. The van der Waals surface area contributed by atoms with Crippen LogP contribution in [0, 0.1) is 5.92 Å². The van der Waals surface area contributed by atoms with Crippen LogP contribution in [0.3, 0.4) is 0 Å². The second-order valence-corrected chi connectivity index (χ2v) is 7.56. The van der Waals surface area contributed by atoms with Crippen molar-refractivity contribution in [1.82, 2.24) is 20.4 Å². The van der Waals surface area contributed by atoms with Gasteiger partial charge < -0.3 is 15.5 Å². The van der Waals surface area contributed by atoms with Gasteiger partial charge in [-0.25, -0.2) is 0 Å². The zero-order valence-corrected chi connectivity index (χ0v) is 17.8. The van der Waals surface area contributed by atoms with Gasteiger partial charge in [0, 0.05) is 45.3 Å². The lowest BCUT2D eigenvalue weighted by Gasteiger charge is -2.24. The first-order valence-electron chi connectivity index (χ1n) is 9.72. The van der Waals surface area contributed by atoms with Gasteiger partial charge in [-0.15, -0.1) is 24.0 Å². The van der Waals surface area contributed by atoms with Crippen molar-refractivity contribution in [2.45, 2.75) is 57.5 Å². The van der Waals surface area contributed by atoms with E-state index in [0.29, 0.717) is 6.04 Å². The van der Waals surface area contributed by atoms with E-state index >= 15 is 0 Å². The molecule has 1 saturated carbocycles. The Morgan fingerprint density at radius 1 is 1.08 bits per heavy atom. The summed E-state index contributed by atoms with van der Waals surface area (Å²) in [5, 5.41) is 7.21. The first-order chi connectivity index (χ1) is 11.3. The number of nitrogens with zero attached hydrogens (tertiary/aromatic N) is 3. The Morgan fingerprint density at radius 3 is 2.54 bits per heavy atom. The molecule has 3 fully saturated rings. The predicted octanol–water partition coefficient (Wildman–Crippen LogP) is 2.13. The highest BCUT2D eigenvalue weighted by molar-refractivity contribution is 14.0. The van der Waals surface area contributed by atoms with Gasteiger partial charge in [0.25, 0.3) is 0 Å².